The quantitative estimate of drug-likeness (QED) is 0.639. The van der Waals surface area contributed by atoms with E-state index in [0.717, 1.165) is 43.7 Å². The Morgan fingerprint density at radius 1 is 1.00 bits per heavy atom. The molecule has 1 fully saturated rings. The molecule has 1 aliphatic rings. The van der Waals surface area contributed by atoms with Crippen LogP contribution < -0.4 is 15.4 Å². The Morgan fingerprint density at radius 3 is 2.59 bits per heavy atom. The minimum absolute atomic E-state index is 0.202. The van der Waals surface area contributed by atoms with Gasteiger partial charge in [-0.3, -0.25) is 4.79 Å². The number of amides is 1. The van der Waals surface area contributed by atoms with Crippen molar-refractivity contribution < 1.29 is 13.9 Å². The predicted molar refractivity (Wildman–Crippen MR) is 113 cm³/mol. The van der Waals surface area contributed by atoms with Crippen LogP contribution in [-0.2, 0) is 6.42 Å². The number of benzene rings is 2. The Bertz CT molecular complexity index is 930. The van der Waals surface area contributed by atoms with Crippen LogP contribution in [-0.4, -0.2) is 31.6 Å². The number of furan rings is 1. The highest BCUT2D eigenvalue weighted by atomic mass is 16.5. The summed E-state index contributed by atoms with van der Waals surface area (Å²) in [6, 6.07) is 21.5. The van der Waals surface area contributed by atoms with Crippen LogP contribution in [0, 0.1) is 0 Å². The van der Waals surface area contributed by atoms with Crippen LogP contribution in [0.5, 0.6) is 5.75 Å². The Kier molecular flexibility index (Phi) is 6.27. The van der Waals surface area contributed by atoms with E-state index in [2.05, 4.69) is 22.8 Å². The normalized spacial score (nSPS) is 14.5. The molecular weight excluding hydrogens is 364 g/mol. The molecule has 29 heavy (non-hydrogen) atoms. The molecule has 2 aromatic carbocycles. The molecule has 3 aromatic rings. The lowest BCUT2D eigenvalue weighted by Crippen LogP contribution is -2.34. The van der Waals surface area contributed by atoms with Crippen LogP contribution in [0.4, 0.5) is 0 Å². The summed E-state index contributed by atoms with van der Waals surface area (Å²) in [4.78, 5) is 12.4. The maximum atomic E-state index is 12.4. The zero-order chi connectivity index (χ0) is 19.9. The second kappa shape index (κ2) is 9.43. The third-order valence-electron chi connectivity index (χ3n) is 5.10. The maximum Gasteiger partial charge on any atom is 0.287 e. The molecule has 0 saturated carbocycles. The van der Waals surface area contributed by atoms with Gasteiger partial charge in [0.05, 0.1) is 5.56 Å². The molecule has 1 amide bonds. The van der Waals surface area contributed by atoms with Crippen molar-refractivity contribution in [3.63, 3.8) is 0 Å². The van der Waals surface area contributed by atoms with E-state index < -0.39 is 0 Å². The largest absolute Gasteiger partial charge is 0.490 e. The van der Waals surface area contributed by atoms with Gasteiger partial charge in [0.25, 0.3) is 5.91 Å². The molecule has 5 heteroatoms. The molecule has 4 rings (SSSR count). The van der Waals surface area contributed by atoms with Crippen molar-refractivity contribution in [2.75, 3.05) is 19.6 Å². The number of rotatable bonds is 7. The minimum atomic E-state index is -0.205. The highest BCUT2D eigenvalue weighted by Gasteiger charge is 2.19. The van der Waals surface area contributed by atoms with Gasteiger partial charge in [-0.15, -0.1) is 0 Å². The van der Waals surface area contributed by atoms with E-state index in [1.165, 1.54) is 5.56 Å². The summed E-state index contributed by atoms with van der Waals surface area (Å²) in [5.74, 6) is 1.54. The van der Waals surface area contributed by atoms with Crippen LogP contribution in [0.3, 0.4) is 0 Å². The number of ether oxygens (including phenoxy) is 1. The van der Waals surface area contributed by atoms with Crippen molar-refractivity contribution in [2.45, 2.75) is 25.4 Å². The van der Waals surface area contributed by atoms with Gasteiger partial charge in [-0.25, -0.2) is 0 Å². The molecule has 0 radical (unpaired) electrons. The first-order valence-corrected chi connectivity index (χ1v) is 10.2. The molecule has 150 valence electrons. The van der Waals surface area contributed by atoms with Gasteiger partial charge in [-0.1, -0.05) is 42.5 Å². The first-order valence-electron chi connectivity index (χ1n) is 10.2. The summed E-state index contributed by atoms with van der Waals surface area (Å²) in [7, 11) is 0. The molecule has 0 bridgehead atoms. The van der Waals surface area contributed by atoms with Crippen molar-refractivity contribution in [1.82, 2.24) is 10.6 Å². The minimum Gasteiger partial charge on any atom is -0.490 e. The first kappa shape index (κ1) is 19.3. The molecule has 0 spiro atoms. The molecule has 2 N–H and O–H groups in total. The SMILES string of the molecule is O=C(NCCc1ccccc1)c1ccc(-c2ccccc2OC2CCNCC2)o1. The van der Waals surface area contributed by atoms with Crippen molar-refractivity contribution in [3.05, 3.63) is 78.1 Å². The molecule has 2 heterocycles. The van der Waals surface area contributed by atoms with Crippen LogP contribution in [0.2, 0.25) is 0 Å². The van der Waals surface area contributed by atoms with Gasteiger partial charge < -0.3 is 19.8 Å². The van der Waals surface area contributed by atoms with Gasteiger partial charge in [0.2, 0.25) is 0 Å². The van der Waals surface area contributed by atoms with Gasteiger partial charge in [-0.05, 0) is 62.2 Å². The molecule has 0 aliphatic carbocycles. The number of carbonyl (C=O) groups excluding carboxylic acids is 1. The molecule has 5 nitrogen and oxygen atoms in total. The summed E-state index contributed by atoms with van der Waals surface area (Å²) in [5.41, 5.74) is 2.06. The number of carbonyl (C=O) groups is 1. The molecule has 1 saturated heterocycles. The van der Waals surface area contributed by atoms with Gasteiger partial charge in [0.1, 0.15) is 17.6 Å². The molecule has 1 aromatic heterocycles. The van der Waals surface area contributed by atoms with Crippen LogP contribution in [0.1, 0.15) is 29.0 Å². The highest BCUT2D eigenvalue weighted by molar-refractivity contribution is 5.92. The number of hydrogen-bond donors (Lipinski definition) is 2. The summed E-state index contributed by atoms with van der Waals surface area (Å²) < 4.78 is 12.1. The smallest absolute Gasteiger partial charge is 0.287 e. The van der Waals surface area contributed by atoms with Crippen molar-refractivity contribution in [2.24, 2.45) is 0 Å². The Labute approximate surface area is 171 Å². The second-order valence-corrected chi connectivity index (χ2v) is 7.22. The second-order valence-electron chi connectivity index (χ2n) is 7.22. The Balaban J connectivity index is 1.40. The Hall–Kier alpha value is -3.05. The Morgan fingerprint density at radius 2 is 1.76 bits per heavy atom. The fraction of sp³-hybridized carbons (Fsp3) is 0.292. The fourth-order valence-electron chi connectivity index (χ4n) is 3.52. The number of nitrogens with one attached hydrogen (secondary N) is 2. The van der Waals surface area contributed by atoms with Crippen LogP contribution >= 0.6 is 0 Å². The van der Waals surface area contributed by atoms with E-state index in [-0.39, 0.29) is 12.0 Å². The van der Waals surface area contributed by atoms with Gasteiger partial charge in [-0.2, -0.15) is 0 Å². The standard InChI is InChI=1S/C24H26N2O3/c27-24(26-17-12-18-6-2-1-3-7-18)23-11-10-22(29-23)20-8-4-5-9-21(20)28-19-13-15-25-16-14-19/h1-11,19,25H,12-17H2,(H,26,27). The van der Waals surface area contributed by atoms with E-state index in [4.69, 9.17) is 9.15 Å². The zero-order valence-electron chi connectivity index (χ0n) is 16.4. The molecular formula is C24H26N2O3. The lowest BCUT2D eigenvalue weighted by Gasteiger charge is -2.24. The van der Waals surface area contributed by atoms with Gasteiger partial charge in [0, 0.05) is 6.54 Å². The van der Waals surface area contributed by atoms with E-state index >= 15 is 0 Å². The third kappa shape index (κ3) is 5.06. The van der Waals surface area contributed by atoms with E-state index in [1.807, 2.05) is 48.5 Å². The third-order valence-corrected chi connectivity index (χ3v) is 5.10. The number of piperidine rings is 1. The van der Waals surface area contributed by atoms with Crippen molar-refractivity contribution in [1.29, 1.82) is 0 Å². The van der Waals surface area contributed by atoms with E-state index in [0.29, 0.717) is 18.1 Å². The van der Waals surface area contributed by atoms with E-state index in [9.17, 15) is 4.79 Å². The number of hydrogen-bond acceptors (Lipinski definition) is 4. The summed E-state index contributed by atoms with van der Waals surface area (Å²) >= 11 is 0. The highest BCUT2D eigenvalue weighted by Crippen LogP contribution is 2.32. The molecule has 1 aliphatic heterocycles. The van der Waals surface area contributed by atoms with Gasteiger partial charge >= 0.3 is 0 Å². The monoisotopic (exact) mass is 390 g/mol. The maximum absolute atomic E-state index is 12.4. The van der Waals surface area contributed by atoms with Crippen LogP contribution in [0.25, 0.3) is 11.3 Å². The molecule has 0 atom stereocenters. The lowest BCUT2D eigenvalue weighted by molar-refractivity contribution is 0.0927. The fourth-order valence-corrected chi connectivity index (χ4v) is 3.52. The lowest BCUT2D eigenvalue weighted by atomic mass is 10.1. The topological polar surface area (TPSA) is 63.5 Å². The first-order chi connectivity index (χ1) is 14.3. The average molecular weight is 390 g/mol. The predicted octanol–water partition coefficient (Wildman–Crippen LogP) is 4.05. The summed E-state index contributed by atoms with van der Waals surface area (Å²) in [5, 5.41) is 6.27. The van der Waals surface area contributed by atoms with Crippen LogP contribution in [0.15, 0.2) is 71.1 Å². The summed E-state index contributed by atoms with van der Waals surface area (Å²) in [6.07, 6.45) is 2.96. The summed E-state index contributed by atoms with van der Waals surface area (Å²) in [6.45, 7) is 2.51. The van der Waals surface area contributed by atoms with Gasteiger partial charge in [0.15, 0.2) is 5.76 Å². The van der Waals surface area contributed by atoms with Crippen molar-refractivity contribution >= 4 is 5.91 Å². The zero-order valence-corrected chi connectivity index (χ0v) is 16.4. The van der Waals surface area contributed by atoms with Crippen molar-refractivity contribution in [3.8, 4) is 17.1 Å². The number of para-hydroxylation sites is 1. The van der Waals surface area contributed by atoms with E-state index in [1.54, 1.807) is 6.07 Å². The molecule has 0 unspecified atom stereocenters. The average Bonchev–Trinajstić information content (AvgIpc) is 3.26.